The van der Waals surface area contributed by atoms with Gasteiger partial charge in [0.2, 0.25) is 0 Å². The fourth-order valence-corrected chi connectivity index (χ4v) is 2.55. The molecule has 0 atom stereocenters. The third-order valence-corrected chi connectivity index (χ3v) is 3.98. The summed E-state index contributed by atoms with van der Waals surface area (Å²) in [4.78, 5) is 13.6. The van der Waals surface area contributed by atoms with Crippen LogP contribution in [0.3, 0.4) is 0 Å². The molecule has 100 valence electrons. The first-order valence-electron chi connectivity index (χ1n) is 6.37. The maximum absolute atomic E-state index is 11.3. The van der Waals surface area contributed by atoms with Crippen molar-refractivity contribution in [1.82, 2.24) is 19.9 Å². The second kappa shape index (κ2) is 5.06. The molecule has 0 spiro atoms. The highest BCUT2D eigenvalue weighted by atomic mass is 16.4. The molecular weight excluding hydrogens is 232 g/mol. The topological polar surface area (TPSA) is 71.2 Å². The largest absolute Gasteiger partial charge is 0.481 e. The van der Waals surface area contributed by atoms with Crippen LogP contribution < -0.4 is 0 Å². The van der Waals surface area contributed by atoms with Gasteiger partial charge in [-0.25, -0.2) is 0 Å². The summed E-state index contributed by atoms with van der Waals surface area (Å²) in [6, 6.07) is 0. The van der Waals surface area contributed by atoms with Gasteiger partial charge in [-0.15, -0.1) is 5.10 Å². The fourth-order valence-electron chi connectivity index (χ4n) is 2.55. The smallest absolute Gasteiger partial charge is 0.309 e. The van der Waals surface area contributed by atoms with Crippen molar-refractivity contribution in [2.75, 3.05) is 13.1 Å². The number of carboxylic acid groups (broad SMARTS) is 1. The van der Waals surface area contributed by atoms with Gasteiger partial charge in [0.1, 0.15) is 0 Å². The Morgan fingerprint density at radius 2 is 2.17 bits per heavy atom. The number of piperidine rings is 1. The minimum atomic E-state index is -0.649. The lowest BCUT2D eigenvalue weighted by Crippen LogP contribution is -2.43. The maximum Gasteiger partial charge on any atom is 0.309 e. The van der Waals surface area contributed by atoms with Crippen LogP contribution in [0.15, 0.2) is 6.20 Å². The van der Waals surface area contributed by atoms with Gasteiger partial charge in [-0.1, -0.05) is 12.1 Å². The Labute approximate surface area is 107 Å². The van der Waals surface area contributed by atoms with E-state index < -0.39 is 11.4 Å². The molecule has 1 aromatic rings. The van der Waals surface area contributed by atoms with E-state index >= 15 is 0 Å². The van der Waals surface area contributed by atoms with Crippen LogP contribution in [0.2, 0.25) is 0 Å². The summed E-state index contributed by atoms with van der Waals surface area (Å²) < 4.78 is 1.69. The standard InChI is InChI=1S/C12H20N4O2/c1-3-12(11(17)18)4-6-16(7-5-12)9-10-8-15(2)14-13-10/h8H,3-7,9H2,1-2H3,(H,17,18). The van der Waals surface area contributed by atoms with Crippen molar-refractivity contribution in [2.24, 2.45) is 12.5 Å². The number of carboxylic acids is 1. The molecule has 1 aromatic heterocycles. The van der Waals surface area contributed by atoms with Gasteiger partial charge >= 0.3 is 5.97 Å². The molecule has 2 rings (SSSR count). The van der Waals surface area contributed by atoms with Gasteiger partial charge in [-0.05, 0) is 32.4 Å². The van der Waals surface area contributed by atoms with E-state index in [1.54, 1.807) is 4.68 Å². The molecule has 6 nitrogen and oxygen atoms in total. The van der Waals surface area contributed by atoms with Gasteiger partial charge < -0.3 is 5.11 Å². The maximum atomic E-state index is 11.3. The Morgan fingerprint density at radius 3 is 2.61 bits per heavy atom. The molecule has 0 amide bonds. The number of hydrogen-bond acceptors (Lipinski definition) is 4. The van der Waals surface area contributed by atoms with E-state index in [2.05, 4.69) is 15.2 Å². The van der Waals surface area contributed by atoms with Crippen LogP contribution in [0, 0.1) is 5.41 Å². The first-order valence-corrected chi connectivity index (χ1v) is 6.37. The van der Waals surface area contributed by atoms with Crippen LogP contribution in [0.25, 0.3) is 0 Å². The van der Waals surface area contributed by atoms with Crippen LogP contribution in [-0.2, 0) is 18.4 Å². The molecule has 0 unspecified atom stereocenters. The summed E-state index contributed by atoms with van der Waals surface area (Å²) in [5.74, 6) is -0.649. The Balaban J connectivity index is 1.92. The second-order valence-electron chi connectivity index (χ2n) is 5.10. The predicted molar refractivity (Wildman–Crippen MR) is 65.9 cm³/mol. The SMILES string of the molecule is CCC1(C(=O)O)CCN(Cc2cn(C)nn2)CC1. The average molecular weight is 252 g/mol. The number of aliphatic carboxylic acids is 1. The third-order valence-electron chi connectivity index (χ3n) is 3.98. The summed E-state index contributed by atoms with van der Waals surface area (Å²) in [6.07, 6.45) is 4.05. The molecule has 0 aliphatic carbocycles. The van der Waals surface area contributed by atoms with E-state index in [9.17, 15) is 9.90 Å². The van der Waals surface area contributed by atoms with Crippen LogP contribution >= 0.6 is 0 Å². The predicted octanol–water partition coefficient (Wildman–Crippen LogP) is 0.892. The van der Waals surface area contributed by atoms with E-state index in [0.29, 0.717) is 6.42 Å². The molecule has 1 aliphatic heterocycles. The number of rotatable bonds is 4. The van der Waals surface area contributed by atoms with Crippen molar-refractivity contribution in [3.63, 3.8) is 0 Å². The van der Waals surface area contributed by atoms with Crippen LogP contribution in [0.5, 0.6) is 0 Å². The van der Waals surface area contributed by atoms with E-state index in [4.69, 9.17) is 0 Å². The molecule has 0 aromatic carbocycles. The molecule has 2 heterocycles. The van der Waals surface area contributed by atoms with Crippen LogP contribution in [-0.4, -0.2) is 44.1 Å². The molecule has 0 saturated carbocycles. The lowest BCUT2D eigenvalue weighted by molar-refractivity contribution is -0.152. The van der Waals surface area contributed by atoms with Gasteiger partial charge in [-0.2, -0.15) is 0 Å². The molecular formula is C12H20N4O2. The lowest BCUT2D eigenvalue weighted by atomic mass is 9.76. The number of nitrogens with zero attached hydrogens (tertiary/aromatic N) is 4. The third kappa shape index (κ3) is 2.53. The normalized spacial score (nSPS) is 19.9. The van der Waals surface area contributed by atoms with Crippen molar-refractivity contribution in [2.45, 2.75) is 32.7 Å². The Hall–Kier alpha value is -1.43. The minimum absolute atomic E-state index is 0.515. The highest BCUT2D eigenvalue weighted by molar-refractivity contribution is 5.74. The monoisotopic (exact) mass is 252 g/mol. The van der Waals surface area contributed by atoms with Crippen LogP contribution in [0.1, 0.15) is 31.9 Å². The number of carbonyl (C=O) groups is 1. The highest BCUT2D eigenvalue weighted by Crippen LogP contribution is 2.35. The van der Waals surface area contributed by atoms with Gasteiger partial charge in [0.25, 0.3) is 0 Å². The lowest BCUT2D eigenvalue weighted by Gasteiger charge is -2.37. The molecule has 1 aliphatic rings. The molecule has 18 heavy (non-hydrogen) atoms. The van der Waals surface area contributed by atoms with E-state index in [-0.39, 0.29) is 0 Å². The Bertz CT molecular complexity index is 421. The zero-order valence-corrected chi connectivity index (χ0v) is 11.0. The molecule has 1 fully saturated rings. The van der Waals surface area contributed by atoms with E-state index in [1.807, 2.05) is 20.2 Å². The first-order chi connectivity index (χ1) is 8.55. The minimum Gasteiger partial charge on any atom is -0.481 e. The summed E-state index contributed by atoms with van der Waals surface area (Å²) in [6.45, 7) is 4.35. The molecule has 0 bridgehead atoms. The molecule has 6 heteroatoms. The summed E-state index contributed by atoms with van der Waals surface area (Å²) in [7, 11) is 1.85. The molecule has 1 saturated heterocycles. The van der Waals surface area contributed by atoms with Gasteiger partial charge in [-0.3, -0.25) is 14.4 Å². The summed E-state index contributed by atoms with van der Waals surface area (Å²) in [5, 5.41) is 17.3. The average Bonchev–Trinajstić information content (AvgIpc) is 2.76. The number of likely N-dealkylation sites (tertiary alicyclic amines) is 1. The van der Waals surface area contributed by atoms with Crippen molar-refractivity contribution < 1.29 is 9.90 Å². The van der Waals surface area contributed by atoms with Gasteiger partial charge in [0.05, 0.1) is 11.1 Å². The molecule has 0 radical (unpaired) electrons. The highest BCUT2D eigenvalue weighted by Gasteiger charge is 2.39. The van der Waals surface area contributed by atoms with Crippen molar-refractivity contribution in [1.29, 1.82) is 0 Å². The van der Waals surface area contributed by atoms with Crippen LogP contribution in [0.4, 0.5) is 0 Å². The summed E-state index contributed by atoms with van der Waals surface area (Å²) in [5.41, 5.74) is 0.426. The van der Waals surface area contributed by atoms with E-state index in [1.165, 1.54) is 0 Å². The van der Waals surface area contributed by atoms with E-state index in [0.717, 1.165) is 38.2 Å². The second-order valence-corrected chi connectivity index (χ2v) is 5.10. The summed E-state index contributed by atoms with van der Waals surface area (Å²) >= 11 is 0. The quantitative estimate of drug-likeness (QED) is 0.861. The number of hydrogen-bond donors (Lipinski definition) is 1. The first kappa shape index (κ1) is 13.0. The van der Waals surface area contributed by atoms with Crippen molar-refractivity contribution in [3.8, 4) is 0 Å². The number of aromatic nitrogens is 3. The van der Waals surface area contributed by atoms with Crippen molar-refractivity contribution in [3.05, 3.63) is 11.9 Å². The zero-order chi connectivity index (χ0) is 13.2. The van der Waals surface area contributed by atoms with Crippen molar-refractivity contribution >= 4 is 5.97 Å². The Morgan fingerprint density at radius 1 is 1.50 bits per heavy atom. The fraction of sp³-hybridized carbons (Fsp3) is 0.750. The van der Waals surface area contributed by atoms with Gasteiger partial charge in [0, 0.05) is 19.8 Å². The van der Waals surface area contributed by atoms with Gasteiger partial charge in [0.15, 0.2) is 0 Å². The molecule has 1 N–H and O–H groups in total. The Kier molecular flexibility index (Phi) is 3.65. The zero-order valence-electron chi connectivity index (χ0n) is 11.0. The number of aryl methyl sites for hydroxylation is 1.